The average Bonchev–Trinajstić information content (AvgIpc) is 2.84. The maximum atomic E-state index is 13.7. The number of benzene rings is 1. The zero-order valence-electron chi connectivity index (χ0n) is 10.4. The van der Waals surface area contributed by atoms with Gasteiger partial charge < -0.3 is 15.0 Å². The van der Waals surface area contributed by atoms with Crippen molar-refractivity contribution in [2.75, 3.05) is 31.6 Å². The van der Waals surface area contributed by atoms with E-state index in [0.29, 0.717) is 18.4 Å². The number of hydrogen-bond acceptors (Lipinski definition) is 3. The fourth-order valence-electron chi connectivity index (χ4n) is 2.16. The van der Waals surface area contributed by atoms with Crippen LogP contribution in [0.3, 0.4) is 0 Å². The van der Waals surface area contributed by atoms with Crippen LogP contribution in [0.1, 0.15) is 13.3 Å². The lowest BCUT2D eigenvalue weighted by Gasteiger charge is -2.26. The number of halogens is 1. The first-order chi connectivity index (χ1) is 8.22. The second-order valence-corrected chi connectivity index (χ2v) is 4.31. The van der Waals surface area contributed by atoms with Gasteiger partial charge in [0.05, 0.1) is 6.61 Å². The Kier molecular flexibility index (Phi) is 3.84. The standard InChI is InChI=1S/C13H19FN2O/c1-3-17-13-5-4-10(8-12(13)14)16(2)11-6-7-15-9-11/h4-5,8,11,15H,3,6-7,9H2,1-2H3. The molecular weight excluding hydrogens is 219 g/mol. The van der Waals surface area contributed by atoms with Crippen molar-refractivity contribution < 1.29 is 9.13 Å². The highest BCUT2D eigenvalue weighted by molar-refractivity contribution is 5.50. The van der Waals surface area contributed by atoms with Gasteiger partial charge in [-0.25, -0.2) is 4.39 Å². The highest BCUT2D eigenvalue weighted by atomic mass is 19.1. The van der Waals surface area contributed by atoms with E-state index >= 15 is 0 Å². The minimum absolute atomic E-state index is 0.290. The summed E-state index contributed by atoms with van der Waals surface area (Å²) in [4.78, 5) is 2.12. The predicted octanol–water partition coefficient (Wildman–Crippen LogP) is 2.02. The first-order valence-electron chi connectivity index (χ1n) is 6.08. The van der Waals surface area contributed by atoms with Crippen molar-refractivity contribution in [1.82, 2.24) is 5.32 Å². The molecule has 0 spiro atoms. The van der Waals surface area contributed by atoms with E-state index in [9.17, 15) is 4.39 Å². The van der Waals surface area contributed by atoms with E-state index in [1.807, 2.05) is 20.0 Å². The third kappa shape index (κ3) is 2.69. The van der Waals surface area contributed by atoms with Gasteiger partial charge in [-0.2, -0.15) is 0 Å². The molecule has 2 rings (SSSR count). The summed E-state index contributed by atoms with van der Waals surface area (Å²) in [7, 11) is 2.01. The minimum atomic E-state index is -0.290. The fourth-order valence-corrected chi connectivity index (χ4v) is 2.16. The van der Waals surface area contributed by atoms with Gasteiger partial charge in [-0.1, -0.05) is 0 Å². The maximum Gasteiger partial charge on any atom is 0.167 e. The van der Waals surface area contributed by atoms with Crippen LogP contribution in [0, 0.1) is 5.82 Å². The number of ether oxygens (including phenoxy) is 1. The molecule has 1 aromatic carbocycles. The Balaban J connectivity index is 2.12. The lowest BCUT2D eigenvalue weighted by molar-refractivity contribution is 0.321. The Hall–Kier alpha value is -1.29. The van der Waals surface area contributed by atoms with E-state index in [1.54, 1.807) is 12.1 Å². The van der Waals surface area contributed by atoms with Gasteiger partial charge >= 0.3 is 0 Å². The van der Waals surface area contributed by atoms with Crippen LogP contribution in [-0.2, 0) is 0 Å². The molecule has 0 amide bonds. The fraction of sp³-hybridized carbons (Fsp3) is 0.538. The van der Waals surface area contributed by atoms with Gasteiger partial charge in [0.25, 0.3) is 0 Å². The number of nitrogens with zero attached hydrogens (tertiary/aromatic N) is 1. The van der Waals surface area contributed by atoms with Crippen LogP contribution in [0.4, 0.5) is 10.1 Å². The monoisotopic (exact) mass is 238 g/mol. The van der Waals surface area contributed by atoms with Gasteiger partial charge in [0.15, 0.2) is 11.6 Å². The molecule has 1 N–H and O–H groups in total. The molecule has 94 valence electrons. The van der Waals surface area contributed by atoms with Gasteiger partial charge in [-0.15, -0.1) is 0 Å². The van der Waals surface area contributed by atoms with Crippen LogP contribution in [0.5, 0.6) is 5.75 Å². The van der Waals surface area contributed by atoms with Crippen molar-refractivity contribution in [1.29, 1.82) is 0 Å². The van der Waals surface area contributed by atoms with Crippen molar-refractivity contribution >= 4 is 5.69 Å². The summed E-state index contributed by atoms with van der Waals surface area (Å²) in [6.45, 7) is 4.34. The van der Waals surface area contributed by atoms with Crippen molar-refractivity contribution in [3.8, 4) is 5.75 Å². The summed E-state index contributed by atoms with van der Waals surface area (Å²) in [5, 5.41) is 3.31. The lowest BCUT2D eigenvalue weighted by Crippen LogP contribution is -2.33. The molecule has 0 radical (unpaired) electrons. The lowest BCUT2D eigenvalue weighted by atomic mass is 10.2. The molecule has 0 aromatic heterocycles. The first-order valence-corrected chi connectivity index (χ1v) is 6.08. The Labute approximate surface area is 102 Å². The smallest absolute Gasteiger partial charge is 0.167 e. The minimum Gasteiger partial charge on any atom is -0.491 e. The molecule has 1 aliphatic rings. The third-order valence-electron chi connectivity index (χ3n) is 3.20. The molecule has 1 heterocycles. The van der Waals surface area contributed by atoms with Gasteiger partial charge in [-0.05, 0) is 32.0 Å². The predicted molar refractivity (Wildman–Crippen MR) is 67.2 cm³/mol. The molecule has 1 aliphatic heterocycles. The van der Waals surface area contributed by atoms with Gasteiger partial charge in [0, 0.05) is 31.4 Å². The molecule has 4 heteroatoms. The normalized spacial score (nSPS) is 19.4. The molecule has 0 bridgehead atoms. The van der Waals surface area contributed by atoms with Gasteiger partial charge in [-0.3, -0.25) is 0 Å². The molecule has 3 nitrogen and oxygen atoms in total. The molecule has 0 aliphatic carbocycles. The molecular formula is C13H19FN2O. The molecule has 1 aromatic rings. The zero-order chi connectivity index (χ0) is 12.3. The maximum absolute atomic E-state index is 13.7. The molecule has 1 atom stereocenters. The van der Waals surface area contributed by atoms with Crippen molar-refractivity contribution in [2.45, 2.75) is 19.4 Å². The largest absolute Gasteiger partial charge is 0.491 e. The van der Waals surface area contributed by atoms with Crippen molar-refractivity contribution in [2.24, 2.45) is 0 Å². The summed E-state index contributed by atoms with van der Waals surface area (Å²) in [5.41, 5.74) is 0.902. The summed E-state index contributed by atoms with van der Waals surface area (Å²) in [6, 6.07) is 5.61. The van der Waals surface area contributed by atoms with Crippen molar-refractivity contribution in [3.05, 3.63) is 24.0 Å². The topological polar surface area (TPSA) is 24.5 Å². The number of hydrogen-bond donors (Lipinski definition) is 1. The summed E-state index contributed by atoms with van der Waals surface area (Å²) >= 11 is 0. The zero-order valence-corrected chi connectivity index (χ0v) is 10.4. The molecule has 1 unspecified atom stereocenters. The quantitative estimate of drug-likeness (QED) is 0.868. The van der Waals surface area contributed by atoms with Crippen molar-refractivity contribution in [3.63, 3.8) is 0 Å². The first kappa shape index (κ1) is 12.2. The number of likely N-dealkylation sites (N-methyl/N-ethyl adjacent to an activating group) is 1. The second kappa shape index (κ2) is 5.36. The second-order valence-electron chi connectivity index (χ2n) is 4.31. The number of anilines is 1. The molecule has 17 heavy (non-hydrogen) atoms. The Morgan fingerprint density at radius 2 is 2.35 bits per heavy atom. The summed E-state index contributed by atoms with van der Waals surface area (Å²) < 4.78 is 18.9. The molecule has 0 saturated carbocycles. The van der Waals surface area contributed by atoms with E-state index in [2.05, 4.69) is 10.2 Å². The van der Waals surface area contributed by atoms with Crippen LogP contribution in [0.15, 0.2) is 18.2 Å². The van der Waals surface area contributed by atoms with E-state index in [1.165, 1.54) is 0 Å². The highest BCUT2D eigenvalue weighted by Crippen LogP contribution is 2.25. The Morgan fingerprint density at radius 3 is 2.94 bits per heavy atom. The molecule has 1 fully saturated rings. The van der Waals surface area contributed by atoms with E-state index < -0.39 is 0 Å². The number of nitrogens with one attached hydrogen (secondary N) is 1. The van der Waals surface area contributed by atoms with Crippen LogP contribution in [0.25, 0.3) is 0 Å². The van der Waals surface area contributed by atoms with Crippen LogP contribution >= 0.6 is 0 Å². The van der Waals surface area contributed by atoms with E-state index in [0.717, 1.165) is 25.2 Å². The number of rotatable bonds is 4. The summed E-state index contributed by atoms with van der Waals surface area (Å²) in [5.74, 6) is 0.0383. The van der Waals surface area contributed by atoms with Crippen LogP contribution in [0.2, 0.25) is 0 Å². The highest BCUT2D eigenvalue weighted by Gasteiger charge is 2.20. The van der Waals surface area contributed by atoms with Crippen LogP contribution < -0.4 is 15.0 Å². The average molecular weight is 238 g/mol. The van der Waals surface area contributed by atoms with E-state index in [4.69, 9.17) is 4.74 Å². The summed E-state index contributed by atoms with van der Waals surface area (Å²) in [6.07, 6.45) is 1.10. The van der Waals surface area contributed by atoms with Gasteiger partial charge in [0.2, 0.25) is 0 Å². The van der Waals surface area contributed by atoms with E-state index in [-0.39, 0.29) is 5.82 Å². The van der Waals surface area contributed by atoms with Gasteiger partial charge in [0.1, 0.15) is 0 Å². The Bertz CT molecular complexity index is 378. The van der Waals surface area contributed by atoms with Crippen LogP contribution in [-0.4, -0.2) is 32.8 Å². The third-order valence-corrected chi connectivity index (χ3v) is 3.20. The Morgan fingerprint density at radius 1 is 1.53 bits per heavy atom. The molecule has 1 saturated heterocycles. The SMILES string of the molecule is CCOc1ccc(N(C)C2CCNC2)cc1F.